The molecule has 0 unspecified atom stereocenters. The minimum absolute atomic E-state index is 0.563. The van der Waals surface area contributed by atoms with Crippen molar-refractivity contribution in [3.63, 3.8) is 0 Å². The normalized spacial score (nSPS) is 10.9. The summed E-state index contributed by atoms with van der Waals surface area (Å²) in [5.41, 5.74) is 4.02. The van der Waals surface area contributed by atoms with E-state index >= 15 is 0 Å². The largest absolute Gasteiger partial charge is 0.488 e. The highest BCUT2D eigenvalue weighted by Gasteiger charge is 2.14. The molecule has 0 aliphatic rings. The first kappa shape index (κ1) is 12.2. The summed E-state index contributed by atoms with van der Waals surface area (Å²) < 4.78 is 0. The molecule has 4 heteroatoms. The van der Waals surface area contributed by atoms with Gasteiger partial charge in [0.05, 0.1) is 0 Å². The third-order valence-electron chi connectivity index (χ3n) is 2.49. The highest BCUT2D eigenvalue weighted by atomic mass is 16.4. The summed E-state index contributed by atoms with van der Waals surface area (Å²) in [6, 6.07) is 3.66. The molecule has 1 aromatic carbocycles. The zero-order chi connectivity index (χ0) is 11.6. The molecular weight excluding hydrogens is 189 g/mol. The monoisotopic (exact) mass is 207 g/mol. The van der Waals surface area contributed by atoms with Crippen LogP contribution in [0.3, 0.4) is 0 Å². The van der Waals surface area contributed by atoms with E-state index in [9.17, 15) is 0 Å². The number of hydrogen-bond acceptors (Lipinski definition) is 3. The first-order valence-corrected chi connectivity index (χ1v) is 5.02. The molecule has 2 N–H and O–H groups in total. The van der Waals surface area contributed by atoms with E-state index in [0.717, 1.165) is 17.7 Å². The second kappa shape index (κ2) is 4.79. The van der Waals surface area contributed by atoms with Gasteiger partial charge in [-0.15, -0.1) is 0 Å². The molecule has 0 saturated carbocycles. The molecule has 1 aromatic rings. The van der Waals surface area contributed by atoms with Crippen molar-refractivity contribution in [2.75, 3.05) is 14.1 Å². The predicted octanol–water partition coefficient (Wildman–Crippen LogP) is 0.0448. The van der Waals surface area contributed by atoms with Gasteiger partial charge >= 0.3 is 7.12 Å². The Hall–Kier alpha value is -0.835. The fourth-order valence-electron chi connectivity index (χ4n) is 1.74. The number of benzene rings is 1. The standard InChI is InChI=1S/C11H18BNO2/c1-8-5-10(12(14)15)6-9(2)11(8)7-13(3)4/h5-6,14-15H,7H2,1-4H3. The summed E-state index contributed by atoms with van der Waals surface area (Å²) in [5, 5.41) is 18.2. The number of hydrogen-bond donors (Lipinski definition) is 2. The van der Waals surface area contributed by atoms with Crippen molar-refractivity contribution < 1.29 is 10.0 Å². The van der Waals surface area contributed by atoms with Crippen molar-refractivity contribution in [2.24, 2.45) is 0 Å². The second-order valence-electron chi connectivity index (χ2n) is 4.24. The summed E-state index contributed by atoms with van der Waals surface area (Å²) in [4.78, 5) is 2.10. The van der Waals surface area contributed by atoms with Crippen LogP contribution in [-0.2, 0) is 6.54 Å². The first-order valence-electron chi connectivity index (χ1n) is 5.02. The quantitative estimate of drug-likeness (QED) is 0.688. The number of aryl methyl sites for hydroxylation is 2. The Morgan fingerprint density at radius 1 is 1.13 bits per heavy atom. The SMILES string of the molecule is Cc1cc(B(O)O)cc(C)c1CN(C)C. The van der Waals surface area contributed by atoms with Crippen molar-refractivity contribution in [1.82, 2.24) is 4.90 Å². The minimum Gasteiger partial charge on any atom is -0.423 e. The van der Waals surface area contributed by atoms with E-state index in [4.69, 9.17) is 10.0 Å². The molecular formula is C11H18BNO2. The summed E-state index contributed by atoms with van der Waals surface area (Å²) in [6.07, 6.45) is 0. The average Bonchev–Trinajstić information content (AvgIpc) is 2.10. The first-order chi connectivity index (χ1) is 6.91. The van der Waals surface area contributed by atoms with Crippen molar-refractivity contribution >= 4 is 12.6 Å². The number of nitrogens with zero attached hydrogens (tertiary/aromatic N) is 1. The minimum atomic E-state index is -1.38. The Bertz CT molecular complexity index is 327. The Kier molecular flexibility index (Phi) is 3.91. The predicted molar refractivity (Wildman–Crippen MR) is 63.1 cm³/mol. The van der Waals surface area contributed by atoms with Gasteiger partial charge in [0.25, 0.3) is 0 Å². The van der Waals surface area contributed by atoms with Gasteiger partial charge in [0, 0.05) is 6.54 Å². The maximum atomic E-state index is 9.09. The molecule has 0 aliphatic heterocycles. The molecule has 0 saturated heterocycles. The second-order valence-corrected chi connectivity index (χ2v) is 4.24. The Labute approximate surface area is 91.5 Å². The van der Waals surface area contributed by atoms with Crippen LogP contribution in [0, 0.1) is 13.8 Å². The third-order valence-corrected chi connectivity index (χ3v) is 2.49. The molecule has 1 rings (SSSR count). The van der Waals surface area contributed by atoms with Crippen LogP contribution in [0.15, 0.2) is 12.1 Å². The van der Waals surface area contributed by atoms with Crippen LogP contribution in [0.1, 0.15) is 16.7 Å². The van der Waals surface area contributed by atoms with Gasteiger partial charge in [0.1, 0.15) is 0 Å². The van der Waals surface area contributed by atoms with E-state index in [0.29, 0.717) is 5.46 Å². The Morgan fingerprint density at radius 3 is 1.93 bits per heavy atom. The molecule has 0 fully saturated rings. The van der Waals surface area contributed by atoms with Gasteiger partial charge < -0.3 is 14.9 Å². The van der Waals surface area contributed by atoms with Crippen LogP contribution in [0.2, 0.25) is 0 Å². The van der Waals surface area contributed by atoms with Gasteiger partial charge in [0.15, 0.2) is 0 Å². The Morgan fingerprint density at radius 2 is 1.60 bits per heavy atom. The van der Waals surface area contributed by atoms with Crippen LogP contribution in [0.4, 0.5) is 0 Å². The fourth-order valence-corrected chi connectivity index (χ4v) is 1.74. The summed E-state index contributed by atoms with van der Waals surface area (Å²) in [7, 11) is 2.66. The molecule has 0 atom stereocenters. The zero-order valence-electron chi connectivity index (χ0n) is 9.78. The molecule has 3 nitrogen and oxygen atoms in total. The summed E-state index contributed by atoms with van der Waals surface area (Å²) in [5.74, 6) is 0. The summed E-state index contributed by atoms with van der Waals surface area (Å²) in [6.45, 7) is 4.87. The van der Waals surface area contributed by atoms with Crippen molar-refractivity contribution in [3.05, 3.63) is 28.8 Å². The molecule has 0 amide bonds. The van der Waals surface area contributed by atoms with Crippen LogP contribution in [0.5, 0.6) is 0 Å². The maximum Gasteiger partial charge on any atom is 0.488 e. The van der Waals surface area contributed by atoms with E-state index in [1.165, 1.54) is 5.56 Å². The lowest BCUT2D eigenvalue weighted by Gasteiger charge is -2.16. The molecule has 0 spiro atoms. The summed E-state index contributed by atoms with van der Waals surface area (Å²) >= 11 is 0. The lowest BCUT2D eigenvalue weighted by molar-refractivity contribution is 0.400. The highest BCUT2D eigenvalue weighted by molar-refractivity contribution is 6.58. The van der Waals surface area contributed by atoms with E-state index < -0.39 is 7.12 Å². The molecule has 82 valence electrons. The number of rotatable bonds is 3. The van der Waals surface area contributed by atoms with E-state index in [2.05, 4.69) is 4.90 Å². The van der Waals surface area contributed by atoms with Crippen molar-refractivity contribution in [2.45, 2.75) is 20.4 Å². The van der Waals surface area contributed by atoms with Gasteiger partial charge in [-0.05, 0) is 50.1 Å². The topological polar surface area (TPSA) is 43.7 Å². The fraction of sp³-hybridized carbons (Fsp3) is 0.455. The lowest BCUT2D eigenvalue weighted by atomic mass is 9.77. The molecule has 0 aromatic heterocycles. The third kappa shape index (κ3) is 3.06. The molecule has 15 heavy (non-hydrogen) atoms. The lowest BCUT2D eigenvalue weighted by Crippen LogP contribution is -2.31. The van der Waals surface area contributed by atoms with Crippen LogP contribution >= 0.6 is 0 Å². The van der Waals surface area contributed by atoms with Gasteiger partial charge in [-0.1, -0.05) is 12.1 Å². The van der Waals surface area contributed by atoms with E-state index in [1.807, 2.05) is 40.1 Å². The maximum absolute atomic E-state index is 9.09. The van der Waals surface area contributed by atoms with Crippen LogP contribution < -0.4 is 5.46 Å². The Balaban J connectivity index is 3.10. The van der Waals surface area contributed by atoms with Gasteiger partial charge in [-0.25, -0.2) is 0 Å². The van der Waals surface area contributed by atoms with Gasteiger partial charge in [-0.2, -0.15) is 0 Å². The zero-order valence-corrected chi connectivity index (χ0v) is 9.78. The molecule has 0 heterocycles. The average molecular weight is 207 g/mol. The smallest absolute Gasteiger partial charge is 0.423 e. The van der Waals surface area contributed by atoms with Crippen molar-refractivity contribution in [1.29, 1.82) is 0 Å². The van der Waals surface area contributed by atoms with E-state index in [-0.39, 0.29) is 0 Å². The molecule has 0 bridgehead atoms. The molecule has 0 aliphatic carbocycles. The van der Waals surface area contributed by atoms with E-state index in [1.54, 1.807) is 0 Å². The van der Waals surface area contributed by atoms with Gasteiger partial charge in [0.2, 0.25) is 0 Å². The van der Waals surface area contributed by atoms with Crippen LogP contribution in [-0.4, -0.2) is 36.2 Å². The highest BCUT2D eigenvalue weighted by Crippen LogP contribution is 2.13. The van der Waals surface area contributed by atoms with Crippen molar-refractivity contribution in [3.8, 4) is 0 Å². The van der Waals surface area contributed by atoms with Crippen LogP contribution in [0.25, 0.3) is 0 Å². The van der Waals surface area contributed by atoms with Gasteiger partial charge in [-0.3, -0.25) is 0 Å². The molecule has 0 radical (unpaired) electrons.